The molecule has 2 heteroatoms. The predicted molar refractivity (Wildman–Crippen MR) is 135 cm³/mol. The van der Waals surface area contributed by atoms with E-state index in [-0.39, 0.29) is 0 Å². The average Bonchev–Trinajstić information content (AvgIpc) is 3.39. The van der Waals surface area contributed by atoms with Crippen molar-refractivity contribution < 1.29 is 0 Å². The molecular weight excluding hydrogens is 388 g/mol. The second-order valence-electron chi connectivity index (χ2n) is 8.99. The molecule has 0 spiro atoms. The van der Waals surface area contributed by atoms with E-state index in [0.717, 1.165) is 12.8 Å². The van der Waals surface area contributed by atoms with Crippen LogP contribution < -0.4 is 10.6 Å². The van der Waals surface area contributed by atoms with Gasteiger partial charge in [0.25, 0.3) is 0 Å². The molecule has 2 nitrogen and oxygen atoms in total. The van der Waals surface area contributed by atoms with Crippen LogP contribution in [0.5, 0.6) is 0 Å². The molecule has 2 unspecified atom stereocenters. The number of rotatable bonds is 2. The third kappa shape index (κ3) is 2.59. The van der Waals surface area contributed by atoms with Gasteiger partial charge in [0.05, 0.1) is 6.04 Å². The highest BCUT2D eigenvalue weighted by Crippen LogP contribution is 2.32. The smallest absolute Gasteiger partial charge is 0.0560 e. The van der Waals surface area contributed by atoms with Crippen LogP contribution in [0.2, 0.25) is 0 Å². The Morgan fingerprint density at radius 1 is 0.781 bits per heavy atom. The molecule has 2 aromatic heterocycles. The normalized spacial score (nSPS) is 19.9. The van der Waals surface area contributed by atoms with E-state index in [9.17, 15) is 0 Å². The van der Waals surface area contributed by atoms with E-state index in [0.29, 0.717) is 12.0 Å². The zero-order valence-electron chi connectivity index (χ0n) is 17.8. The van der Waals surface area contributed by atoms with Crippen LogP contribution in [0.25, 0.3) is 44.9 Å². The maximum absolute atomic E-state index is 3.55. The quantitative estimate of drug-likeness (QED) is 0.363. The average molecular weight is 413 g/mol. The van der Waals surface area contributed by atoms with Crippen LogP contribution in [0.15, 0.2) is 91.0 Å². The third-order valence-corrected chi connectivity index (χ3v) is 7.17. The Morgan fingerprint density at radius 3 is 2.53 bits per heavy atom. The van der Waals surface area contributed by atoms with Gasteiger partial charge in [0, 0.05) is 49.2 Å². The van der Waals surface area contributed by atoms with Gasteiger partial charge in [0.15, 0.2) is 0 Å². The fraction of sp³-hybridized carbons (Fsp3) is 0.133. The van der Waals surface area contributed by atoms with Crippen LogP contribution in [0.4, 0.5) is 0 Å². The van der Waals surface area contributed by atoms with Crippen LogP contribution in [-0.4, -0.2) is 9.55 Å². The number of hydrogen-bond donors (Lipinski definition) is 1. The second kappa shape index (κ2) is 6.86. The summed E-state index contributed by atoms with van der Waals surface area (Å²) in [7, 11) is 0. The van der Waals surface area contributed by atoms with Crippen LogP contribution in [0.1, 0.15) is 30.4 Å². The van der Waals surface area contributed by atoms with E-state index in [1.807, 2.05) is 0 Å². The third-order valence-electron chi connectivity index (χ3n) is 7.17. The minimum absolute atomic E-state index is 0.387. The molecule has 0 saturated carbocycles. The first-order chi connectivity index (χ1) is 15.9. The topological polar surface area (TPSA) is 20.7 Å². The minimum atomic E-state index is 0.387. The number of nitrogens with one attached hydrogen (secondary N) is 1. The van der Waals surface area contributed by atoms with Gasteiger partial charge in [-0.1, -0.05) is 78.9 Å². The molecule has 7 rings (SSSR count). The van der Waals surface area contributed by atoms with Crippen molar-refractivity contribution in [2.24, 2.45) is 0 Å². The Kier molecular flexibility index (Phi) is 3.83. The summed E-state index contributed by atoms with van der Waals surface area (Å²) < 4.78 is 2.54. The number of fused-ring (bicyclic) bond motifs is 6. The number of aromatic amines is 1. The van der Waals surface area contributed by atoms with Gasteiger partial charge in [-0.15, -0.1) is 0 Å². The van der Waals surface area contributed by atoms with E-state index in [1.54, 1.807) is 0 Å². The summed E-state index contributed by atoms with van der Waals surface area (Å²) >= 11 is 0. The second-order valence-corrected chi connectivity index (χ2v) is 8.99. The van der Waals surface area contributed by atoms with Gasteiger partial charge in [-0.25, -0.2) is 0 Å². The van der Waals surface area contributed by atoms with Crippen molar-refractivity contribution in [2.45, 2.75) is 24.8 Å². The standard InChI is InChI=1S/C30H24N2/c1-2-8-22(9-3-1)32-29-13-7-5-11-24(29)26-19-21(15-17-30(26)32)20-14-16-28-25(18-20)23-10-4-6-12-27(23)31-28/h1-8,10-14,16-19,21-22,31H,9,15H2. The lowest BCUT2D eigenvalue weighted by atomic mass is 9.90. The molecule has 0 radical (unpaired) electrons. The lowest BCUT2D eigenvalue weighted by Gasteiger charge is -2.19. The SMILES string of the molecule is C1=CCC(n2c3c(c4ccccc42)=CC(c2ccc4[nH]c5ccccc5c4c2)CC=3)C=C1. The fourth-order valence-electron chi connectivity index (χ4n) is 5.65. The molecule has 2 heterocycles. The maximum Gasteiger partial charge on any atom is 0.0560 e. The summed E-state index contributed by atoms with van der Waals surface area (Å²) in [5.41, 5.74) is 5.15. The van der Waals surface area contributed by atoms with E-state index in [4.69, 9.17) is 0 Å². The van der Waals surface area contributed by atoms with E-state index >= 15 is 0 Å². The maximum atomic E-state index is 3.55. The Labute approximate surface area is 186 Å². The number of allylic oxidation sites excluding steroid dienone is 4. The van der Waals surface area contributed by atoms with Crippen LogP contribution in [0.3, 0.4) is 0 Å². The van der Waals surface area contributed by atoms with Gasteiger partial charge < -0.3 is 9.55 Å². The lowest BCUT2D eigenvalue weighted by Crippen LogP contribution is -2.34. The van der Waals surface area contributed by atoms with Crippen molar-refractivity contribution in [2.75, 3.05) is 0 Å². The number of H-pyrrole nitrogens is 1. The molecule has 1 N–H and O–H groups in total. The molecule has 3 aromatic carbocycles. The Hall–Kier alpha value is -3.78. The van der Waals surface area contributed by atoms with Gasteiger partial charge in [-0.2, -0.15) is 0 Å². The molecule has 2 atom stereocenters. The first-order valence-electron chi connectivity index (χ1n) is 11.5. The predicted octanol–water partition coefficient (Wildman–Crippen LogP) is 6.08. The van der Waals surface area contributed by atoms with E-state index in [1.165, 1.54) is 48.8 Å². The fourth-order valence-corrected chi connectivity index (χ4v) is 5.65. The molecule has 2 aliphatic rings. The Bertz CT molecular complexity index is 1690. The molecule has 0 saturated heterocycles. The van der Waals surface area contributed by atoms with Crippen LogP contribution in [-0.2, 0) is 0 Å². The summed E-state index contributed by atoms with van der Waals surface area (Å²) in [5.74, 6) is 0.390. The summed E-state index contributed by atoms with van der Waals surface area (Å²) in [6.07, 6.45) is 16.0. The Balaban J connectivity index is 1.41. The molecular formula is C30H24N2. The molecule has 5 aromatic rings. The number of hydrogen-bond acceptors (Lipinski definition) is 0. The number of aromatic nitrogens is 2. The van der Waals surface area contributed by atoms with Crippen molar-refractivity contribution in [3.8, 4) is 0 Å². The van der Waals surface area contributed by atoms with Gasteiger partial charge in [0.2, 0.25) is 0 Å². The zero-order chi connectivity index (χ0) is 21.1. The zero-order valence-corrected chi connectivity index (χ0v) is 17.8. The molecule has 0 bridgehead atoms. The van der Waals surface area contributed by atoms with Crippen molar-refractivity contribution in [1.82, 2.24) is 9.55 Å². The van der Waals surface area contributed by atoms with Crippen molar-refractivity contribution >= 4 is 44.9 Å². The summed E-state index contributed by atoms with van der Waals surface area (Å²) in [5, 5.41) is 6.75. The van der Waals surface area contributed by atoms with Gasteiger partial charge >= 0.3 is 0 Å². The highest BCUT2D eigenvalue weighted by molar-refractivity contribution is 6.07. The van der Waals surface area contributed by atoms with E-state index < -0.39 is 0 Å². The summed E-state index contributed by atoms with van der Waals surface area (Å²) in [6, 6.07) is 24.8. The number of benzene rings is 3. The molecule has 154 valence electrons. The van der Waals surface area contributed by atoms with Crippen LogP contribution in [0, 0.1) is 0 Å². The van der Waals surface area contributed by atoms with Crippen molar-refractivity contribution in [3.05, 3.63) is 107 Å². The monoisotopic (exact) mass is 412 g/mol. The highest BCUT2D eigenvalue weighted by atomic mass is 15.0. The van der Waals surface area contributed by atoms with Crippen molar-refractivity contribution in [1.29, 1.82) is 0 Å². The van der Waals surface area contributed by atoms with Gasteiger partial charge in [0.1, 0.15) is 0 Å². The summed E-state index contributed by atoms with van der Waals surface area (Å²) in [4.78, 5) is 3.55. The summed E-state index contributed by atoms with van der Waals surface area (Å²) in [6.45, 7) is 0. The number of para-hydroxylation sites is 2. The minimum Gasteiger partial charge on any atom is -0.355 e. The van der Waals surface area contributed by atoms with Gasteiger partial charge in [-0.3, -0.25) is 0 Å². The largest absolute Gasteiger partial charge is 0.355 e. The number of nitrogens with zero attached hydrogens (tertiary/aromatic N) is 1. The van der Waals surface area contributed by atoms with Crippen molar-refractivity contribution in [3.63, 3.8) is 0 Å². The highest BCUT2D eigenvalue weighted by Gasteiger charge is 2.19. The molecule has 32 heavy (non-hydrogen) atoms. The van der Waals surface area contributed by atoms with Gasteiger partial charge in [-0.05, 0) is 42.7 Å². The first-order valence-corrected chi connectivity index (χ1v) is 11.5. The van der Waals surface area contributed by atoms with Crippen LogP contribution >= 0.6 is 0 Å². The Morgan fingerprint density at radius 2 is 1.62 bits per heavy atom. The van der Waals surface area contributed by atoms with E-state index in [2.05, 4.69) is 113 Å². The molecule has 0 amide bonds. The molecule has 0 aliphatic heterocycles. The molecule has 0 fully saturated rings. The molecule has 2 aliphatic carbocycles. The lowest BCUT2D eigenvalue weighted by molar-refractivity contribution is 0.611. The first kappa shape index (κ1) is 17.9.